The quantitative estimate of drug-likeness (QED) is 0.201. The van der Waals surface area contributed by atoms with Crippen LogP contribution in [0.1, 0.15) is 28.1 Å². The monoisotopic (exact) mass is 546 g/mol. The highest BCUT2D eigenvalue weighted by Crippen LogP contribution is 2.33. The molecular weight excluding hydrogens is 515 g/mol. The summed E-state index contributed by atoms with van der Waals surface area (Å²) in [7, 11) is 8.28. The minimum atomic E-state index is -0.370. The molecule has 6 rings (SSSR count). The van der Waals surface area contributed by atoms with Crippen LogP contribution in [0.5, 0.6) is 5.75 Å². The molecule has 0 aliphatic carbocycles. The molecule has 0 atom stereocenters. The summed E-state index contributed by atoms with van der Waals surface area (Å²) < 4.78 is 7.67. The zero-order valence-corrected chi connectivity index (χ0v) is 24.0. The third kappa shape index (κ3) is 6.59. The molecule has 6 aromatic rings. The third-order valence-corrected chi connectivity index (χ3v) is 8.78. The Bertz CT molecular complexity index is 1520. The minimum absolute atomic E-state index is 0.0163. The molecule has 0 amide bonds. The van der Waals surface area contributed by atoms with Crippen LogP contribution in [0.3, 0.4) is 0 Å². The van der Waals surface area contributed by atoms with Crippen molar-refractivity contribution < 1.29 is 4.74 Å². The fourth-order valence-corrected chi connectivity index (χ4v) is 6.61. The Balaban J connectivity index is 0.000000202. The molecule has 1 heterocycles. The average molecular weight is 547 g/mol. The van der Waals surface area contributed by atoms with Gasteiger partial charge >= 0.3 is 0 Å². The van der Waals surface area contributed by atoms with Gasteiger partial charge in [-0.25, -0.2) is 4.98 Å². The number of nitrogens with zero attached hydrogens (tertiary/aromatic N) is 2. The van der Waals surface area contributed by atoms with Crippen LogP contribution >= 0.6 is 0 Å². The molecule has 4 radical (unpaired) electrons. The number of methoxy groups -OCH3 is 1. The van der Waals surface area contributed by atoms with E-state index in [0.717, 1.165) is 16.9 Å². The molecule has 3 nitrogen and oxygen atoms in total. The summed E-state index contributed by atoms with van der Waals surface area (Å²) in [6.45, 7) is 0. The molecule has 0 unspecified atom stereocenters. The van der Waals surface area contributed by atoms with E-state index in [2.05, 4.69) is 113 Å². The van der Waals surface area contributed by atoms with Crippen LogP contribution in [-0.2, 0) is 5.16 Å². The maximum absolute atomic E-state index is 6.12. The zero-order chi connectivity index (χ0) is 28.3. The SMILES string of the molecule is COc1cccc([Si]C(c2ccccc2)(c2ccccc2)n2ccnc2)c1.[B]C(c1ccccc1)c1ccccc1. The van der Waals surface area contributed by atoms with E-state index in [-0.39, 0.29) is 11.0 Å². The molecule has 198 valence electrons. The van der Waals surface area contributed by atoms with E-state index in [0.29, 0.717) is 9.52 Å². The van der Waals surface area contributed by atoms with Crippen molar-refractivity contribution in [1.82, 2.24) is 9.55 Å². The van der Waals surface area contributed by atoms with E-state index in [1.54, 1.807) is 7.11 Å². The molecule has 5 aromatic carbocycles. The van der Waals surface area contributed by atoms with Crippen molar-refractivity contribution in [2.75, 3.05) is 7.11 Å². The second-order valence-electron chi connectivity index (χ2n) is 9.57. The molecule has 0 saturated heterocycles. The number of hydrogen-bond donors (Lipinski definition) is 0. The first-order valence-electron chi connectivity index (χ1n) is 13.6. The van der Waals surface area contributed by atoms with Crippen molar-refractivity contribution in [3.05, 3.63) is 187 Å². The van der Waals surface area contributed by atoms with Crippen LogP contribution in [0.15, 0.2) is 164 Å². The van der Waals surface area contributed by atoms with Crippen molar-refractivity contribution in [2.45, 2.75) is 11.0 Å². The van der Waals surface area contributed by atoms with Gasteiger partial charge in [-0.1, -0.05) is 139 Å². The molecule has 0 fully saturated rings. The van der Waals surface area contributed by atoms with Crippen LogP contribution < -0.4 is 9.92 Å². The Labute approximate surface area is 246 Å². The van der Waals surface area contributed by atoms with Gasteiger partial charge in [0.05, 0.1) is 26.4 Å². The van der Waals surface area contributed by atoms with Crippen LogP contribution in [0.4, 0.5) is 0 Å². The van der Waals surface area contributed by atoms with E-state index < -0.39 is 0 Å². The third-order valence-electron chi connectivity index (χ3n) is 6.99. The molecule has 1 aromatic heterocycles. The van der Waals surface area contributed by atoms with Crippen LogP contribution in [0.25, 0.3) is 0 Å². The zero-order valence-electron chi connectivity index (χ0n) is 23.0. The molecule has 41 heavy (non-hydrogen) atoms. The predicted octanol–water partition coefficient (Wildman–Crippen LogP) is 6.62. The highest BCUT2D eigenvalue weighted by atomic mass is 28.2. The van der Waals surface area contributed by atoms with Gasteiger partial charge in [-0.2, -0.15) is 0 Å². The van der Waals surface area contributed by atoms with Gasteiger partial charge in [-0.15, -0.1) is 0 Å². The lowest BCUT2D eigenvalue weighted by atomic mass is 9.76. The highest BCUT2D eigenvalue weighted by molar-refractivity contribution is 6.57. The molecule has 0 spiro atoms. The second-order valence-corrected chi connectivity index (χ2v) is 11.1. The number of imidazole rings is 1. The van der Waals surface area contributed by atoms with E-state index >= 15 is 0 Å². The summed E-state index contributed by atoms with van der Waals surface area (Å²) in [6.07, 6.45) is 5.80. The molecule has 0 bridgehead atoms. The fourth-order valence-electron chi connectivity index (χ4n) is 4.91. The van der Waals surface area contributed by atoms with E-state index in [1.807, 2.05) is 61.2 Å². The molecule has 0 aliphatic heterocycles. The molecular formula is C36H31BN2OSi. The first-order chi connectivity index (χ1) is 20.2. The second kappa shape index (κ2) is 13.6. The average Bonchev–Trinajstić information content (AvgIpc) is 3.61. The Kier molecular flexibility index (Phi) is 9.30. The first-order valence-corrected chi connectivity index (χ1v) is 14.6. The standard InChI is InChI=1S/C23H20N2OSi.C13H11B/c1-26-21-13-8-14-22(17-21)27-23(25-16-15-24-18-25,19-9-4-2-5-10-19)20-11-6-3-7-12-20;14-13(11-7-3-1-4-8-11)12-9-5-2-6-10-12/h2-18H,1H3;1-10,13H. The fraction of sp³-hybridized carbons (Fsp3) is 0.0833. The van der Waals surface area contributed by atoms with Crippen molar-refractivity contribution in [2.24, 2.45) is 0 Å². The van der Waals surface area contributed by atoms with Crippen molar-refractivity contribution in [3.63, 3.8) is 0 Å². The van der Waals surface area contributed by atoms with Gasteiger partial charge in [0.1, 0.15) is 15.3 Å². The number of benzene rings is 5. The van der Waals surface area contributed by atoms with Crippen LogP contribution in [0, 0.1) is 0 Å². The Morgan fingerprint density at radius 3 is 1.66 bits per heavy atom. The van der Waals surface area contributed by atoms with Gasteiger partial charge in [-0.05, 0) is 40.2 Å². The Morgan fingerprint density at radius 2 is 1.20 bits per heavy atom. The van der Waals surface area contributed by atoms with Gasteiger partial charge in [-0.3, -0.25) is 0 Å². The Morgan fingerprint density at radius 1 is 0.683 bits per heavy atom. The summed E-state index contributed by atoms with van der Waals surface area (Å²) in [5.74, 6) is 0.859. The number of ether oxygens (including phenoxy) is 1. The largest absolute Gasteiger partial charge is 0.497 e. The van der Waals surface area contributed by atoms with Gasteiger partial charge in [0.25, 0.3) is 0 Å². The summed E-state index contributed by atoms with van der Waals surface area (Å²) in [5, 5.41) is 0.863. The summed E-state index contributed by atoms with van der Waals surface area (Å²) >= 11 is 0. The van der Waals surface area contributed by atoms with Crippen molar-refractivity contribution >= 4 is 22.6 Å². The molecule has 5 heteroatoms. The smallest absolute Gasteiger partial charge is 0.128 e. The topological polar surface area (TPSA) is 27.1 Å². The maximum atomic E-state index is 6.12. The van der Waals surface area contributed by atoms with Gasteiger partial charge in [0.15, 0.2) is 0 Å². The van der Waals surface area contributed by atoms with Gasteiger partial charge in [0, 0.05) is 12.4 Å². The lowest BCUT2D eigenvalue weighted by Gasteiger charge is -2.36. The van der Waals surface area contributed by atoms with Gasteiger partial charge in [0.2, 0.25) is 0 Å². The lowest BCUT2D eigenvalue weighted by Crippen LogP contribution is -2.46. The van der Waals surface area contributed by atoms with E-state index in [4.69, 9.17) is 12.6 Å². The maximum Gasteiger partial charge on any atom is 0.128 e. The number of hydrogen-bond acceptors (Lipinski definition) is 2. The van der Waals surface area contributed by atoms with E-state index in [9.17, 15) is 0 Å². The summed E-state index contributed by atoms with van der Waals surface area (Å²) in [5.41, 5.74) is 4.77. The summed E-state index contributed by atoms with van der Waals surface area (Å²) in [4.78, 5) is 4.36. The minimum Gasteiger partial charge on any atom is -0.497 e. The molecule has 0 N–H and O–H groups in total. The van der Waals surface area contributed by atoms with Gasteiger partial charge < -0.3 is 9.30 Å². The highest BCUT2D eigenvalue weighted by Gasteiger charge is 2.37. The number of rotatable bonds is 8. The van der Waals surface area contributed by atoms with Crippen molar-refractivity contribution in [1.29, 1.82) is 0 Å². The first kappa shape index (κ1) is 27.9. The Hall–Kier alpha value is -4.61. The van der Waals surface area contributed by atoms with E-state index in [1.165, 1.54) is 16.3 Å². The van der Waals surface area contributed by atoms with Crippen molar-refractivity contribution in [3.8, 4) is 5.75 Å². The van der Waals surface area contributed by atoms with Crippen LogP contribution in [0.2, 0.25) is 0 Å². The molecule has 0 saturated carbocycles. The normalized spacial score (nSPS) is 11.0. The summed E-state index contributed by atoms with van der Waals surface area (Å²) in [6, 6.07) is 49.9. The van der Waals surface area contributed by atoms with Crippen LogP contribution in [-0.4, -0.2) is 34.0 Å². The lowest BCUT2D eigenvalue weighted by molar-refractivity contribution is 0.415. The predicted molar refractivity (Wildman–Crippen MR) is 170 cm³/mol. The molecule has 0 aliphatic rings. The number of aromatic nitrogens is 2.